The highest BCUT2D eigenvalue weighted by molar-refractivity contribution is 6.00. The Bertz CT molecular complexity index is 2540. The quantitative estimate of drug-likeness (QED) is 0.0954. The van der Waals surface area contributed by atoms with Crippen molar-refractivity contribution in [2.45, 2.75) is 235 Å². The van der Waals surface area contributed by atoms with Gasteiger partial charge in [-0.05, 0) is 107 Å². The van der Waals surface area contributed by atoms with E-state index in [1.54, 1.807) is 74.5 Å². The number of allylic oxidation sites excluding steroid dienone is 2. The standard InChI is InChI=1S/C66H117N11O15/c1-25-27-28-42(15)55(80)54-59(84)69-45(26-2)61(86)75(22)50(34-92-35-51(78)79)64(89)72(19)47(31-37(5)6)58(83)70-52(40(11)12)65(90)71(18)46(30-29-36(3)4)57(82)67-43(16)56(81)68-44(17)60(85)73(20)48(32-38(7)8)62(87)74(21)49(33-39(9)10)63(88)76(23)53(41(13)14)66(91)77(54)24/h25,27,36-50,52-55,80H,26,28-35H2,1-24H3,(H,67,82)(H,68,81)(H,69,84)(H,70,83)(H,78,79)/b27-25+/t42-,43-,44+,45+,46-,47+,48+,49+,50-,52-,53+,54+,55-/m1/s1. The summed E-state index contributed by atoms with van der Waals surface area (Å²) >= 11 is 0. The van der Waals surface area contributed by atoms with Crippen LogP contribution >= 0.6 is 0 Å². The zero-order valence-electron chi connectivity index (χ0n) is 59.8. The summed E-state index contributed by atoms with van der Waals surface area (Å²) in [6.45, 7) is 27.9. The van der Waals surface area contributed by atoms with Crippen molar-refractivity contribution in [1.82, 2.24) is 55.6 Å². The van der Waals surface area contributed by atoms with E-state index in [0.717, 1.165) is 14.7 Å². The van der Waals surface area contributed by atoms with Gasteiger partial charge in [-0.2, -0.15) is 0 Å². The number of carboxylic acid groups (broad SMARTS) is 1. The van der Waals surface area contributed by atoms with Crippen molar-refractivity contribution in [2.75, 3.05) is 62.5 Å². The van der Waals surface area contributed by atoms with Gasteiger partial charge in [-0.1, -0.05) is 109 Å². The van der Waals surface area contributed by atoms with Crippen LogP contribution in [0.3, 0.4) is 0 Å². The van der Waals surface area contributed by atoms with Gasteiger partial charge in [0.15, 0.2) is 0 Å². The van der Waals surface area contributed by atoms with Crippen LogP contribution in [-0.4, -0.2) is 251 Å². The minimum absolute atomic E-state index is 0.0209. The molecule has 0 unspecified atom stereocenters. The second kappa shape index (κ2) is 38.5. The number of hydrogen-bond donors (Lipinski definition) is 6. The molecular weight excluding hydrogens is 1190 g/mol. The minimum Gasteiger partial charge on any atom is -0.480 e. The molecule has 1 aliphatic rings. The third-order valence-electron chi connectivity index (χ3n) is 17.2. The molecule has 0 aromatic carbocycles. The van der Waals surface area contributed by atoms with E-state index in [-0.39, 0.29) is 62.2 Å². The van der Waals surface area contributed by atoms with E-state index in [0.29, 0.717) is 6.42 Å². The molecule has 1 saturated heterocycles. The van der Waals surface area contributed by atoms with Crippen LogP contribution in [0.5, 0.6) is 0 Å². The number of aliphatic hydroxyl groups is 1. The highest BCUT2D eigenvalue weighted by atomic mass is 16.5. The Morgan fingerprint density at radius 3 is 1.39 bits per heavy atom. The van der Waals surface area contributed by atoms with Crippen LogP contribution in [0.1, 0.15) is 163 Å². The van der Waals surface area contributed by atoms with E-state index in [9.17, 15) is 43.8 Å². The lowest BCUT2D eigenvalue weighted by atomic mass is 9.91. The number of carboxylic acids is 1. The average Bonchev–Trinajstić information content (AvgIpc) is 0.817. The zero-order valence-corrected chi connectivity index (χ0v) is 59.8. The van der Waals surface area contributed by atoms with Gasteiger partial charge in [-0.3, -0.25) is 52.7 Å². The van der Waals surface area contributed by atoms with E-state index >= 15 is 24.0 Å². The molecule has 526 valence electrons. The molecule has 13 atom stereocenters. The summed E-state index contributed by atoms with van der Waals surface area (Å²) in [7, 11) is 9.55. The summed E-state index contributed by atoms with van der Waals surface area (Å²) in [5, 5.41) is 32.7. The fraction of sp³-hybridized carbons (Fsp3) is 0.788. The monoisotopic (exact) mass is 1300 g/mol. The Morgan fingerprint density at radius 2 is 0.924 bits per heavy atom. The fourth-order valence-electron chi connectivity index (χ4n) is 11.3. The Hall–Kier alpha value is -6.70. The third kappa shape index (κ3) is 23.7. The average molecular weight is 1300 g/mol. The summed E-state index contributed by atoms with van der Waals surface area (Å²) < 4.78 is 5.48. The molecule has 1 fully saturated rings. The van der Waals surface area contributed by atoms with Crippen LogP contribution in [0.15, 0.2) is 12.2 Å². The number of hydrogen-bond acceptors (Lipinski definition) is 14. The second-order valence-electron chi connectivity index (χ2n) is 27.6. The van der Waals surface area contributed by atoms with E-state index < -0.39 is 174 Å². The maximum atomic E-state index is 15.3. The molecule has 11 amide bonds. The summed E-state index contributed by atoms with van der Waals surface area (Å²) in [5.74, 6) is -12.2. The molecule has 26 heteroatoms. The Morgan fingerprint density at radius 1 is 0.489 bits per heavy atom. The third-order valence-corrected chi connectivity index (χ3v) is 17.2. The van der Waals surface area contributed by atoms with Crippen LogP contribution in [0.2, 0.25) is 0 Å². The molecule has 26 nitrogen and oxygen atoms in total. The lowest BCUT2D eigenvalue weighted by Gasteiger charge is -2.41. The van der Waals surface area contributed by atoms with Gasteiger partial charge in [0.2, 0.25) is 65.0 Å². The van der Waals surface area contributed by atoms with E-state index in [1.807, 2.05) is 41.5 Å². The molecule has 0 aromatic heterocycles. The smallest absolute Gasteiger partial charge is 0.329 e. The van der Waals surface area contributed by atoms with Crippen molar-refractivity contribution in [3.8, 4) is 0 Å². The highest BCUT2D eigenvalue weighted by Crippen LogP contribution is 2.26. The van der Waals surface area contributed by atoms with Crippen molar-refractivity contribution in [3.63, 3.8) is 0 Å². The van der Waals surface area contributed by atoms with Crippen molar-refractivity contribution in [2.24, 2.45) is 41.4 Å². The predicted octanol–water partition coefficient (Wildman–Crippen LogP) is 3.13. The lowest BCUT2D eigenvalue weighted by molar-refractivity contribution is -0.158. The number of carbonyl (C=O) groups is 12. The molecule has 0 spiro atoms. The molecule has 92 heavy (non-hydrogen) atoms. The fourth-order valence-corrected chi connectivity index (χ4v) is 11.3. The largest absolute Gasteiger partial charge is 0.480 e. The molecule has 0 radical (unpaired) electrons. The first-order chi connectivity index (χ1) is 42.5. The Kier molecular flexibility index (Phi) is 34.8. The normalized spacial score (nSPS) is 26.5. The topological polar surface area (TPSA) is 325 Å². The lowest BCUT2D eigenvalue weighted by Crippen LogP contribution is -2.64. The summed E-state index contributed by atoms with van der Waals surface area (Å²) in [5.41, 5.74) is 0. The molecule has 0 saturated carbocycles. The number of nitrogens with zero attached hydrogens (tertiary/aromatic N) is 7. The van der Waals surface area contributed by atoms with Gasteiger partial charge < -0.3 is 70.5 Å². The van der Waals surface area contributed by atoms with Gasteiger partial charge in [0.1, 0.15) is 73.1 Å². The molecule has 0 aromatic rings. The van der Waals surface area contributed by atoms with Gasteiger partial charge in [0.25, 0.3) is 0 Å². The first-order valence-electron chi connectivity index (χ1n) is 32.7. The Balaban J connectivity index is 4.54. The predicted molar refractivity (Wildman–Crippen MR) is 350 cm³/mol. The van der Waals surface area contributed by atoms with Gasteiger partial charge in [-0.25, -0.2) is 4.79 Å². The molecule has 6 N–H and O–H groups in total. The SMILES string of the molecule is C/C=C/C[C@@H](C)[C@@H](O)[C@H]1C(=O)N[C@@H](CC)C(=O)N(C)[C@H](COCC(=O)O)C(=O)N(C)[C@@H](CC(C)C)C(=O)N[C@H](C(C)C)C(=O)N(C)[C@H](CCC(C)C)C(=O)N[C@H](C)C(=O)N[C@@H](C)C(=O)N(C)[C@@H](CC(C)C)C(=O)N(C)[C@@H](CC(C)C)C(=O)N(C)[C@@H](C(C)C)C(=O)N1C. The number of nitrogens with one attached hydrogen (secondary N) is 4. The number of likely N-dealkylation sites (N-methyl/N-ethyl adjacent to an activating group) is 7. The van der Waals surface area contributed by atoms with Crippen LogP contribution in [0.4, 0.5) is 0 Å². The molecule has 1 aliphatic heterocycles. The highest BCUT2D eigenvalue weighted by Gasteiger charge is 2.46. The zero-order chi connectivity index (χ0) is 71.3. The Labute approximate surface area is 548 Å². The van der Waals surface area contributed by atoms with Crippen LogP contribution in [0.25, 0.3) is 0 Å². The minimum atomic E-state index is -1.71. The first-order valence-corrected chi connectivity index (χ1v) is 32.7. The van der Waals surface area contributed by atoms with Crippen LogP contribution in [0, 0.1) is 41.4 Å². The number of aliphatic hydroxyl groups excluding tert-OH is 1. The second-order valence-corrected chi connectivity index (χ2v) is 27.6. The van der Waals surface area contributed by atoms with E-state index in [2.05, 4.69) is 21.3 Å². The van der Waals surface area contributed by atoms with Crippen LogP contribution < -0.4 is 21.3 Å². The first kappa shape index (κ1) is 83.3. The molecular formula is C66H117N11O15. The van der Waals surface area contributed by atoms with E-state index in [1.165, 1.54) is 82.8 Å². The molecule has 1 heterocycles. The number of amides is 11. The molecule has 1 rings (SSSR count). The number of carbonyl (C=O) groups excluding carboxylic acids is 11. The van der Waals surface area contributed by atoms with Gasteiger partial charge >= 0.3 is 5.97 Å². The summed E-state index contributed by atoms with van der Waals surface area (Å²) in [6.07, 6.45) is 2.94. The summed E-state index contributed by atoms with van der Waals surface area (Å²) in [6, 6.07) is -14.8. The van der Waals surface area contributed by atoms with Crippen molar-refractivity contribution in [3.05, 3.63) is 12.2 Å². The van der Waals surface area contributed by atoms with Gasteiger partial charge in [-0.15, -0.1) is 0 Å². The maximum Gasteiger partial charge on any atom is 0.329 e. The van der Waals surface area contributed by atoms with Crippen molar-refractivity contribution in [1.29, 1.82) is 0 Å². The molecule has 0 aliphatic carbocycles. The van der Waals surface area contributed by atoms with Crippen LogP contribution in [-0.2, 0) is 62.3 Å². The number of rotatable bonds is 20. The van der Waals surface area contributed by atoms with Crippen molar-refractivity contribution < 1.29 is 72.5 Å². The maximum absolute atomic E-state index is 15.3. The van der Waals surface area contributed by atoms with Gasteiger partial charge in [0, 0.05) is 49.3 Å². The number of ether oxygens (including phenoxy) is 1. The molecule has 0 bridgehead atoms. The van der Waals surface area contributed by atoms with E-state index in [4.69, 9.17) is 4.74 Å². The van der Waals surface area contributed by atoms with Gasteiger partial charge in [0.05, 0.1) is 12.7 Å². The summed E-state index contributed by atoms with van der Waals surface area (Å²) in [4.78, 5) is 183. The number of aliphatic carboxylic acids is 1. The van der Waals surface area contributed by atoms with Crippen molar-refractivity contribution >= 4 is 70.9 Å².